The highest BCUT2D eigenvalue weighted by atomic mass is 15.1. The lowest BCUT2D eigenvalue weighted by Crippen LogP contribution is -2.47. The Morgan fingerprint density at radius 1 is 1.31 bits per heavy atom. The average Bonchev–Trinajstić information content (AvgIpc) is 2.48. The topological polar surface area (TPSA) is 15.0 Å². The van der Waals surface area contributed by atoms with Crippen LogP contribution in [0, 0.1) is 5.41 Å². The van der Waals surface area contributed by atoms with E-state index in [2.05, 4.69) is 57.6 Å². The van der Waals surface area contributed by atoms with Crippen molar-refractivity contribution < 1.29 is 4.58 Å². The van der Waals surface area contributed by atoms with Gasteiger partial charge in [0.2, 0.25) is 0 Å². The van der Waals surface area contributed by atoms with Gasteiger partial charge in [-0.2, -0.15) is 0 Å². The van der Waals surface area contributed by atoms with E-state index in [1.807, 2.05) is 0 Å². The molecule has 1 fully saturated rings. The minimum Gasteiger partial charge on any atom is -0.303 e. The van der Waals surface area contributed by atoms with Crippen LogP contribution in [0.4, 0.5) is 0 Å². The van der Waals surface area contributed by atoms with Gasteiger partial charge in [0.25, 0.3) is 0 Å². The van der Waals surface area contributed by atoms with Gasteiger partial charge in [-0.05, 0) is 12.3 Å². The summed E-state index contributed by atoms with van der Waals surface area (Å²) in [5.41, 5.74) is 0.284. The van der Waals surface area contributed by atoms with Gasteiger partial charge in [-0.15, -0.1) is 0 Å². The maximum absolute atomic E-state index is 3.67. The van der Waals surface area contributed by atoms with E-state index in [1.54, 1.807) is 0 Å². The molecule has 16 heavy (non-hydrogen) atoms. The van der Waals surface area contributed by atoms with Crippen molar-refractivity contribution in [1.82, 2.24) is 5.32 Å². The lowest BCUT2D eigenvalue weighted by Gasteiger charge is -2.29. The van der Waals surface area contributed by atoms with Gasteiger partial charge in [0.1, 0.15) is 12.6 Å². The highest BCUT2D eigenvalue weighted by Crippen LogP contribution is 2.20. The Morgan fingerprint density at radius 2 is 1.94 bits per heavy atom. The third-order valence-electron chi connectivity index (χ3n) is 3.39. The molecule has 0 saturated carbocycles. The summed E-state index contributed by atoms with van der Waals surface area (Å²) in [7, 11) is 0. The minimum absolute atomic E-state index is 0.284. The molecule has 1 aliphatic rings. The standard InChI is InChI=1S/C14H29N2/c1-11(2)15-13(14(4,5)6)10-16-9-7-8-12(16)3/h10-13,15H,7-9H2,1-6H3/q+1. The second-order valence-corrected chi connectivity index (χ2v) is 6.54. The Hall–Kier alpha value is -0.370. The van der Waals surface area contributed by atoms with Crippen LogP contribution in [0.1, 0.15) is 54.4 Å². The number of rotatable bonds is 3. The zero-order chi connectivity index (χ0) is 12.3. The normalized spacial score (nSPS) is 26.7. The Labute approximate surface area is 101 Å². The van der Waals surface area contributed by atoms with Gasteiger partial charge in [0.05, 0.1) is 6.04 Å². The Bertz CT molecular complexity index is 248. The van der Waals surface area contributed by atoms with Crippen molar-refractivity contribution in [3.8, 4) is 0 Å². The van der Waals surface area contributed by atoms with Crippen LogP contribution >= 0.6 is 0 Å². The van der Waals surface area contributed by atoms with Crippen molar-refractivity contribution >= 4 is 6.21 Å². The molecule has 0 spiro atoms. The molecule has 2 nitrogen and oxygen atoms in total. The molecule has 0 aromatic rings. The van der Waals surface area contributed by atoms with Crippen molar-refractivity contribution in [1.29, 1.82) is 0 Å². The van der Waals surface area contributed by atoms with Crippen molar-refractivity contribution in [3.63, 3.8) is 0 Å². The second-order valence-electron chi connectivity index (χ2n) is 6.54. The SMILES string of the molecule is CC(C)NC(C=[N+]1CCCC1C)C(C)(C)C. The lowest BCUT2D eigenvalue weighted by molar-refractivity contribution is -0.537. The van der Waals surface area contributed by atoms with Gasteiger partial charge in [-0.1, -0.05) is 34.6 Å². The molecule has 2 unspecified atom stereocenters. The predicted molar refractivity (Wildman–Crippen MR) is 71.4 cm³/mol. The molecule has 94 valence electrons. The monoisotopic (exact) mass is 225 g/mol. The lowest BCUT2D eigenvalue weighted by atomic mass is 9.87. The molecule has 1 aliphatic heterocycles. The van der Waals surface area contributed by atoms with Gasteiger partial charge in [0, 0.05) is 18.9 Å². The molecule has 1 N–H and O–H groups in total. The van der Waals surface area contributed by atoms with E-state index in [0.717, 1.165) is 6.04 Å². The van der Waals surface area contributed by atoms with Crippen LogP contribution in [0.2, 0.25) is 0 Å². The largest absolute Gasteiger partial charge is 0.303 e. The van der Waals surface area contributed by atoms with E-state index in [0.29, 0.717) is 12.1 Å². The Morgan fingerprint density at radius 3 is 2.31 bits per heavy atom. The van der Waals surface area contributed by atoms with E-state index in [-0.39, 0.29) is 5.41 Å². The summed E-state index contributed by atoms with van der Waals surface area (Å²) in [6.45, 7) is 14.9. The summed E-state index contributed by atoms with van der Waals surface area (Å²) >= 11 is 0. The van der Waals surface area contributed by atoms with Gasteiger partial charge >= 0.3 is 0 Å². The van der Waals surface area contributed by atoms with Crippen molar-refractivity contribution in [3.05, 3.63) is 0 Å². The predicted octanol–water partition coefficient (Wildman–Crippen LogP) is 2.66. The summed E-state index contributed by atoms with van der Waals surface area (Å²) in [5.74, 6) is 0. The minimum atomic E-state index is 0.284. The molecular formula is C14H29N2+. The summed E-state index contributed by atoms with van der Waals surface area (Å²) in [6, 6.07) is 1.73. The maximum atomic E-state index is 3.67. The van der Waals surface area contributed by atoms with Gasteiger partial charge in [-0.3, -0.25) is 0 Å². The molecule has 2 heteroatoms. The molecule has 2 atom stereocenters. The van der Waals surface area contributed by atoms with E-state index in [4.69, 9.17) is 0 Å². The average molecular weight is 225 g/mol. The van der Waals surface area contributed by atoms with Crippen LogP contribution in [-0.4, -0.2) is 35.5 Å². The third-order valence-corrected chi connectivity index (χ3v) is 3.39. The summed E-state index contributed by atoms with van der Waals surface area (Å²) in [6.07, 6.45) is 5.11. The molecule has 0 bridgehead atoms. The van der Waals surface area contributed by atoms with Crippen LogP contribution < -0.4 is 5.32 Å². The molecule has 0 radical (unpaired) electrons. The number of hydrogen-bond donors (Lipinski definition) is 1. The van der Waals surface area contributed by atoms with Gasteiger partial charge in [-0.25, -0.2) is 4.58 Å². The molecule has 0 aromatic heterocycles. The highest BCUT2D eigenvalue weighted by molar-refractivity contribution is 5.60. The van der Waals surface area contributed by atoms with Crippen LogP contribution in [0.5, 0.6) is 0 Å². The third kappa shape index (κ3) is 3.89. The van der Waals surface area contributed by atoms with Crippen LogP contribution in [-0.2, 0) is 0 Å². The van der Waals surface area contributed by atoms with Gasteiger partial charge < -0.3 is 5.32 Å². The zero-order valence-corrected chi connectivity index (χ0v) is 11.9. The molecule has 0 amide bonds. The molecular weight excluding hydrogens is 196 g/mol. The summed E-state index contributed by atoms with van der Waals surface area (Å²) in [5, 5.41) is 3.67. The van der Waals surface area contributed by atoms with Crippen molar-refractivity contribution in [2.24, 2.45) is 5.41 Å². The summed E-state index contributed by atoms with van der Waals surface area (Å²) in [4.78, 5) is 0. The molecule has 0 aliphatic carbocycles. The molecule has 1 heterocycles. The van der Waals surface area contributed by atoms with E-state index in [1.165, 1.54) is 19.4 Å². The highest BCUT2D eigenvalue weighted by Gasteiger charge is 2.30. The van der Waals surface area contributed by atoms with E-state index < -0.39 is 0 Å². The smallest absolute Gasteiger partial charge is 0.157 e. The van der Waals surface area contributed by atoms with Crippen LogP contribution in [0.15, 0.2) is 0 Å². The quantitative estimate of drug-likeness (QED) is 0.730. The zero-order valence-electron chi connectivity index (χ0n) is 11.9. The van der Waals surface area contributed by atoms with Crippen LogP contribution in [0.25, 0.3) is 0 Å². The van der Waals surface area contributed by atoms with E-state index in [9.17, 15) is 0 Å². The number of nitrogens with zero attached hydrogens (tertiary/aromatic N) is 1. The fourth-order valence-electron chi connectivity index (χ4n) is 2.24. The first kappa shape index (κ1) is 13.7. The molecule has 0 aromatic carbocycles. The molecule has 1 saturated heterocycles. The van der Waals surface area contributed by atoms with Crippen molar-refractivity contribution in [2.75, 3.05) is 6.54 Å². The van der Waals surface area contributed by atoms with E-state index >= 15 is 0 Å². The fraction of sp³-hybridized carbons (Fsp3) is 0.929. The summed E-state index contributed by atoms with van der Waals surface area (Å²) < 4.78 is 2.52. The number of nitrogens with one attached hydrogen (secondary N) is 1. The Balaban J connectivity index is 2.77. The van der Waals surface area contributed by atoms with Crippen molar-refractivity contribution in [2.45, 2.75) is 72.5 Å². The first-order valence-electron chi connectivity index (χ1n) is 6.67. The fourth-order valence-corrected chi connectivity index (χ4v) is 2.24. The first-order valence-corrected chi connectivity index (χ1v) is 6.67. The van der Waals surface area contributed by atoms with Gasteiger partial charge in [0.15, 0.2) is 6.21 Å². The first-order chi connectivity index (χ1) is 7.30. The molecule has 1 rings (SSSR count). The Kier molecular flexibility index (Phi) is 4.54. The second kappa shape index (κ2) is 5.31. The van der Waals surface area contributed by atoms with Crippen LogP contribution in [0.3, 0.4) is 0 Å². The maximum Gasteiger partial charge on any atom is 0.157 e. The number of hydrogen-bond acceptors (Lipinski definition) is 1.